The molecule has 4 aromatic rings. The lowest BCUT2D eigenvalue weighted by Gasteiger charge is -2.27. The van der Waals surface area contributed by atoms with Gasteiger partial charge in [-0.15, -0.1) is 10.2 Å². The number of aromatic nitrogens is 7. The summed E-state index contributed by atoms with van der Waals surface area (Å²) in [6.45, 7) is -0.583. The number of fused-ring (bicyclic) bond motifs is 4. The predicted octanol–water partition coefficient (Wildman–Crippen LogP) is 2.24. The van der Waals surface area contributed by atoms with Crippen molar-refractivity contribution < 1.29 is 13.9 Å². The molecular weight excluding hydrogens is 420 g/mol. The van der Waals surface area contributed by atoms with Crippen LogP contribution in [0, 0.1) is 0 Å². The quantitative estimate of drug-likeness (QED) is 0.430. The number of hydrogen-bond acceptors (Lipinski definition) is 8. The Labute approximate surface area is 180 Å². The molecule has 32 heavy (non-hydrogen) atoms. The van der Waals surface area contributed by atoms with Gasteiger partial charge in [0, 0.05) is 17.3 Å². The van der Waals surface area contributed by atoms with Crippen molar-refractivity contribution in [1.29, 1.82) is 0 Å². The van der Waals surface area contributed by atoms with Crippen LogP contribution in [-0.2, 0) is 6.54 Å². The third kappa shape index (κ3) is 2.97. The van der Waals surface area contributed by atoms with E-state index in [1.807, 2.05) is 6.07 Å². The highest BCUT2D eigenvalue weighted by Gasteiger charge is 2.53. The van der Waals surface area contributed by atoms with Gasteiger partial charge in [0.05, 0.1) is 11.3 Å². The third-order valence-electron chi connectivity index (χ3n) is 6.67. The summed E-state index contributed by atoms with van der Waals surface area (Å²) >= 11 is 0. The number of nitrogens with zero attached hydrogens (tertiary/aromatic N) is 7. The van der Waals surface area contributed by atoms with Crippen molar-refractivity contribution in [2.75, 3.05) is 11.1 Å². The zero-order valence-corrected chi connectivity index (χ0v) is 17.0. The highest BCUT2D eigenvalue weighted by atomic mass is 19.3. The number of alkyl halides is 2. The zero-order chi connectivity index (χ0) is 22.1. The van der Waals surface area contributed by atoms with Gasteiger partial charge in [-0.05, 0) is 50.3 Å². The standard InChI is InChI=1S/C20H21F2N9O/c21-14(22)9-31-17-13(27-29-31)2-1-12(24-17)11-3-8-30-15(11)16(23)25-18(28-30)26-19-4-6-20(32,10-19)7-5-19/h1-3,8,14,32H,4-7,9-10H2,(H3,23,25,26,28). The fraction of sp³-hybridized carbons (Fsp3) is 0.450. The predicted molar refractivity (Wildman–Crippen MR) is 112 cm³/mol. The summed E-state index contributed by atoms with van der Waals surface area (Å²) in [6.07, 6.45) is 3.16. The first-order valence-corrected chi connectivity index (χ1v) is 10.5. The summed E-state index contributed by atoms with van der Waals surface area (Å²) in [6, 6.07) is 5.23. The number of halogens is 2. The molecule has 4 aromatic heterocycles. The second-order valence-electron chi connectivity index (χ2n) is 8.85. The molecule has 2 fully saturated rings. The van der Waals surface area contributed by atoms with Crippen molar-refractivity contribution in [1.82, 2.24) is 34.6 Å². The van der Waals surface area contributed by atoms with Crippen LogP contribution in [0.3, 0.4) is 0 Å². The van der Waals surface area contributed by atoms with E-state index in [1.165, 1.54) is 0 Å². The van der Waals surface area contributed by atoms with Gasteiger partial charge in [-0.3, -0.25) is 0 Å². The molecule has 0 atom stereocenters. The fourth-order valence-electron chi connectivity index (χ4n) is 5.15. The molecule has 4 heterocycles. The molecule has 4 N–H and O–H groups in total. The van der Waals surface area contributed by atoms with Crippen LogP contribution in [0.4, 0.5) is 20.5 Å². The first-order chi connectivity index (χ1) is 15.3. The van der Waals surface area contributed by atoms with Crippen molar-refractivity contribution in [3.63, 3.8) is 0 Å². The van der Waals surface area contributed by atoms with Crippen LogP contribution >= 0.6 is 0 Å². The van der Waals surface area contributed by atoms with Crippen molar-refractivity contribution in [2.45, 2.75) is 56.2 Å². The number of pyridine rings is 1. The fourth-order valence-corrected chi connectivity index (χ4v) is 5.15. The van der Waals surface area contributed by atoms with Crippen LogP contribution in [0.2, 0.25) is 0 Å². The average Bonchev–Trinajstić information content (AvgIpc) is 3.49. The van der Waals surface area contributed by atoms with Gasteiger partial charge in [-0.25, -0.2) is 23.0 Å². The van der Waals surface area contributed by atoms with Crippen LogP contribution in [0.5, 0.6) is 0 Å². The Morgan fingerprint density at radius 3 is 2.69 bits per heavy atom. The summed E-state index contributed by atoms with van der Waals surface area (Å²) in [5, 5.41) is 26.1. The lowest BCUT2D eigenvalue weighted by atomic mass is 9.93. The summed E-state index contributed by atoms with van der Waals surface area (Å²) in [5.74, 6) is 0.678. The normalized spacial score (nSPS) is 24.9. The number of hydrogen-bond donors (Lipinski definition) is 3. The minimum atomic E-state index is -2.56. The van der Waals surface area contributed by atoms with E-state index in [4.69, 9.17) is 5.73 Å². The van der Waals surface area contributed by atoms with Crippen LogP contribution in [0.15, 0.2) is 24.4 Å². The maximum absolute atomic E-state index is 12.8. The maximum atomic E-state index is 12.8. The Hall–Kier alpha value is -3.41. The van der Waals surface area contributed by atoms with Gasteiger partial charge in [0.1, 0.15) is 17.6 Å². The van der Waals surface area contributed by atoms with Gasteiger partial charge in [0.15, 0.2) is 11.5 Å². The topological polar surface area (TPSA) is 132 Å². The van der Waals surface area contributed by atoms with Crippen LogP contribution < -0.4 is 11.1 Å². The Bertz CT molecular complexity index is 1340. The number of rotatable bonds is 5. The van der Waals surface area contributed by atoms with E-state index in [2.05, 4.69) is 30.7 Å². The van der Waals surface area contributed by atoms with E-state index in [0.717, 1.165) is 30.4 Å². The second-order valence-corrected chi connectivity index (χ2v) is 8.85. The zero-order valence-electron chi connectivity index (χ0n) is 17.0. The molecule has 0 spiro atoms. The van der Waals surface area contributed by atoms with E-state index in [9.17, 15) is 13.9 Å². The van der Waals surface area contributed by atoms with E-state index >= 15 is 0 Å². The SMILES string of the molecule is Nc1nc(NC23CCC(O)(CC2)C3)nn2ccc(-c3ccc4nnn(CC(F)F)c4n3)c12. The second kappa shape index (κ2) is 6.55. The van der Waals surface area contributed by atoms with Crippen LogP contribution in [0.25, 0.3) is 27.9 Å². The molecule has 10 nitrogen and oxygen atoms in total. The minimum absolute atomic E-state index is 0.201. The van der Waals surface area contributed by atoms with Gasteiger partial charge >= 0.3 is 0 Å². The summed E-state index contributed by atoms with van der Waals surface area (Å²) in [4.78, 5) is 8.96. The number of nitrogen functional groups attached to an aromatic ring is 1. The number of anilines is 2. The van der Waals surface area contributed by atoms with E-state index < -0.39 is 18.6 Å². The molecular formula is C20H21F2N9O. The van der Waals surface area contributed by atoms with Crippen molar-refractivity contribution >= 4 is 28.4 Å². The summed E-state index contributed by atoms with van der Waals surface area (Å²) < 4.78 is 28.4. The Morgan fingerprint density at radius 1 is 1.16 bits per heavy atom. The first-order valence-electron chi connectivity index (χ1n) is 10.5. The van der Waals surface area contributed by atoms with E-state index in [1.54, 1.807) is 22.8 Å². The smallest absolute Gasteiger partial charge is 0.258 e. The summed E-state index contributed by atoms with van der Waals surface area (Å²) in [7, 11) is 0. The first kappa shape index (κ1) is 19.3. The van der Waals surface area contributed by atoms with Crippen molar-refractivity contribution in [3.05, 3.63) is 24.4 Å². The Balaban J connectivity index is 1.37. The molecule has 166 valence electrons. The van der Waals surface area contributed by atoms with E-state index in [-0.39, 0.29) is 17.0 Å². The number of nitrogens with two attached hydrogens (primary N) is 1. The molecule has 2 bridgehead atoms. The monoisotopic (exact) mass is 441 g/mol. The van der Waals surface area contributed by atoms with Gasteiger partial charge in [-0.2, -0.15) is 4.98 Å². The molecule has 2 aliphatic carbocycles. The van der Waals surface area contributed by atoms with Crippen LogP contribution in [-0.4, -0.2) is 57.2 Å². The molecule has 0 amide bonds. The van der Waals surface area contributed by atoms with Crippen molar-refractivity contribution in [3.8, 4) is 11.3 Å². The molecule has 2 saturated carbocycles. The molecule has 0 aliphatic heterocycles. The van der Waals surface area contributed by atoms with Crippen LogP contribution in [0.1, 0.15) is 32.1 Å². The lowest BCUT2D eigenvalue weighted by Crippen LogP contribution is -2.34. The molecule has 6 rings (SSSR count). The molecule has 12 heteroatoms. The maximum Gasteiger partial charge on any atom is 0.258 e. The minimum Gasteiger partial charge on any atom is -0.390 e. The van der Waals surface area contributed by atoms with E-state index in [0.29, 0.717) is 34.7 Å². The van der Waals surface area contributed by atoms with Crippen molar-refractivity contribution in [2.24, 2.45) is 0 Å². The van der Waals surface area contributed by atoms with Gasteiger partial charge in [0.25, 0.3) is 6.43 Å². The molecule has 0 radical (unpaired) electrons. The number of nitrogens with one attached hydrogen (secondary N) is 1. The Kier molecular flexibility index (Phi) is 3.95. The van der Waals surface area contributed by atoms with Gasteiger partial charge < -0.3 is 16.2 Å². The molecule has 0 unspecified atom stereocenters. The highest BCUT2D eigenvalue weighted by Crippen LogP contribution is 2.51. The largest absolute Gasteiger partial charge is 0.390 e. The molecule has 0 saturated heterocycles. The molecule has 0 aromatic carbocycles. The third-order valence-corrected chi connectivity index (χ3v) is 6.67. The Morgan fingerprint density at radius 2 is 1.97 bits per heavy atom. The summed E-state index contributed by atoms with van der Waals surface area (Å²) in [5.41, 5.74) is 8.00. The van der Waals surface area contributed by atoms with Gasteiger partial charge in [0.2, 0.25) is 5.95 Å². The number of aliphatic hydroxyl groups is 1. The highest BCUT2D eigenvalue weighted by molar-refractivity contribution is 5.88. The lowest BCUT2D eigenvalue weighted by molar-refractivity contribution is 0.0521. The average molecular weight is 441 g/mol. The molecule has 2 aliphatic rings. The van der Waals surface area contributed by atoms with Gasteiger partial charge in [-0.1, -0.05) is 5.21 Å².